The zero-order valence-electron chi connectivity index (χ0n) is 18.6. The second kappa shape index (κ2) is 10.0. The highest BCUT2D eigenvalue weighted by Gasteiger charge is 2.13. The lowest BCUT2D eigenvalue weighted by Gasteiger charge is -2.15. The summed E-state index contributed by atoms with van der Waals surface area (Å²) in [7, 11) is 0. The van der Waals surface area contributed by atoms with E-state index >= 15 is 0 Å². The normalized spacial score (nSPS) is 14.5. The Morgan fingerprint density at radius 2 is 1.97 bits per heavy atom. The predicted octanol–water partition coefficient (Wildman–Crippen LogP) is 5.54. The molecule has 1 saturated heterocycles. The van der Waals surface area contributed by atoms with E-state index in [-0.39, 0.29) is 5.91 Å². The molecule has 0 saturated carbocycles. The maximum absolute atomic E-state index is 12.9. The Morgan fingerprint density at radius 1 is 1.16 bits per heavy atom. The lowest BCUT2D eigenvalue weighted by atomic mass is 10.0. The van der Waals surface area contributed by atoms with Crippen LogP contribution in [0.25, 0.3) is 22.7 Å². The molecule has 1 aromatic heterocycles. The monoisotopic (exact) mass is 444 g/mol. The van der Waals surface area contributed by atoms with Gasteiger partial charge in [0.2, 0.25) is 0 Å². The first-order valence-corrected chi connectivity index (χ1v) is 11.7. The topological polar surface area (TPSA) is 58.1 Å². The average Bonchev–Trinajstić information content (AvgIpc) is 3.45. The summed E-state index contributed by atoms with van der Waals surface area (Å²) in [5, 5.41) is 13.2. The van der Waals surface area contributed by atoms with Gasteiger partial charge < -0.3 is 5.32 Å². The molecule has 1 N–H and O–H groups in total. The summed E-state index contributed by atoms with van der Waals surface area (Å²) in [5.74, 6) is -0.0990. The van der Waals surface area contributed by atoms with Crippen LogP contribution in [0.3, 0.4) is 0 Å². The van der Waals surface area contributed by atoms with Gasteiger partial charge in [-0.2, -0.15) is 0 Å². The quantitative estimate of drug-likeness (QED) is 0.520. The van der Waals surface area contributed by atoms with E-state index in [0.29, 0.717) is 5.56 Å². The van der Waals surface area contributed by atoms with Gasteiger partial charge in [0, 0.05) is 23.4 Å². The first-order chi connectivity index (χ1) is 15.5. The molecule has 1 aliphatic heterocycles. The minimum Gasteiger partial charge on any atom is -0.326 e. The fourth-order valence-electron chi connectivity index (χ4n) is 3.96. The molecule has 0 spiro atoms. The zero-order chi connectivity index (χ0) is 22.5. The minimum atomic E-state index is -0.0990. The van der Waals surface area contributed by atoms with E-state index in [1.54, 1.807) is 11.3 Å². The van der Waals surface area contributed by atoms with Crippen molar-refractivity contribution < 1.29 is 4.79 Å². The highest BCUT2D eigenvalue weighted by Crippen LogP contribution is 2.27. The van der Waals surface area contributed by atoms with Crippen molar-refractivity contribution in [3.8, 4) is 10.6 Å². The predicted molar refractivity (Wildman–Crippen MR) is 132 cm³/mol. The molecule has 1 fully saturated rings. The molecule has 0 aliphatic carbocycles. The van der Waals surface area contributed by atoms with Crippen molar-refractivity contribution in [1.82, 2.24) is 20.4 Å². The number of nitrogens with one attached hydrogen (secondary N) is 1. The number of likely N-dealkylation sites (tertiary alicyclic amines) is 1. The van der Waals surface area contributed by atoms with Crippen LogP contribution in [-0.2, 0) is 6.54 Å². The summed E-state index contributed by atoms with van der Waals surface area (Å²) < 4.78 is 0. The minimum absolute atomic E-state index is 0.0990. The van der Waals surface area contributed by atoms with Crippen molar-refractivity contribution in [1.29, 1.82) is 0 Å². The van der Waals surface area contributed by atoms with Crippen molar-refractivity contribution in [3.05, 3.63) is 82.0 Å². The van der Waals surface area contributed by atoms with Gasteiger partial charge >= 0.3 is 0 Å². The summed E-state index contributed by atoms with van der Waals surface area (Å²) in [4.78, 5) is 15.3. The van der Waals surface area contributed by atoms with E-state index in [0.717, 1.165) is 52.0 Å². The summed E-state index contributed by atoms with van der Waals surface area (Å²) in [5.41, 5.74) is 5.60. The molecule has 0 bridgehead atoms. The van der Waals surface area contributed by atoms with E-state index in [9.17, 15) is 4.79 Å². The number of amides is 1. The molecule has 0 radical (unpaired) electrons. The number of rotatable bonds is 7. The Balaban J connectivity index is 1.50. The third kappa shape index (κ3) is 5.39. The molecule has 2 heterocycles. The highest BCUT2D eigenvalue weighted by atomic mass is 32.1. The second-order valence-electron chi connectivity index (χ2n) is 8.14. The Morgan fingerprint density at radius 3 is 2.69 bits per heavy atom. The fourth-order valence-corrected chi connectivity index (χ4v) is 4.65. The Kier molecular flexibility index (Phi) is 6.93. The largest absolute Gasteiger partial charge is 0.326 e. The van der Waals surface area contributed by atoms with Crippen molar-refractivity contribution in [2.75, 3.05) is 13.1 Å². The van der Waals surface area contributed by atoms with Crippen LogP contribution in [0.15, 0.2) is 54.7 Å². The van der Waals surface area contributed by atoms with Crippen molar-refractivity contribution in [3.63, 3.8) is 0 Å². The lowest BCUT2D eigenvalue weighted by Crippen LogP contribution is -2.22. The second-order valence-corrected chi connectivity index (χ2v) is 9.32. The van der Waals surface area contributed by atoms with Crippen molar-refractivity contribution >= 4 is 29.4 Å². The SMILES string of the molecule is C=Cc1ccc(-c2nnc(C)s2)cc1/C=C(\C)NC(=O)c1cccc(CN2CCCC2)c1. The van der Waals surface area contributed by atoms with Gasteiger partial charge in [0.1, 0.15) is 10.0 Å². The maximum Gasteiger partial charge on any atom is 0.255 e. The van der Waals surface area contributed by atoms with Gasteiger partial charge in [0.25, 0.3) is 5.91 Å². The van der Waals surface area contributed by atoms with Crippen LogP contribution >= 0.6 is 11.3 Å². The van der Waals surface area contributed by atoms with Crippen LogP contribution < -0.4 is 5.32 Å². The average molecular weight is 445 g/mol. The number of aryl methyl sites for hydroxylation is 1. The number of carbonyl (C=O) groups is 1. The molecule has 164 valence electrons. The van der Waals surface area contributed by atoms with Crippen LogP contribution in [0.1, 0.15) is 51.8 Å². The van der Waals surface area contributed by atoms with Crippen molar-refractivity contribution in [2.24, 2.45) is 0 Å². The Hall–Kier alpha value is -3.09. The van der Waals surface area contributed by atoms with Crippen LogP contribution in [0.2, 0.25) is 0 Å². The highest BCUT2D eigenvalue weighted by molar-refractivity contribution is 7.14. The first kappa shape index (κ1) is 22.1. The van der Waals surface area contributed by atoms with Crippen LogP contribution in [0, 0.1) is 6.92 Å². The molecular formula is C26H28N4OS. The van der Waals surface area contributed by atoms with E-state index in [1.165, 1.54) is 18.4 Å². The molecule has 5 nitrogen and oxygen atoms in total. The Bertz CT molecular complexity index is 1160. The summed E-state index contributed by atoms with van der Waals surface area (Å²) in [6.07, 6.45) is 6.31. The number of carbonyl (C=O) groups excluding carboxylic acids is 1. The summed E-state index contributed by atoms with van der Waals surface area (Å²) >= 11 is 1.56. The summed E-state index contributed by atoms with van der Waals surface area (Å²) in [6.45, 7) is 10.9. The van der Waals surface area contributed by atoms with Gasteiger partial charge in [-0.05, 0) is 80.7 Å². The van der Waals surface area contributed by atoms with Gasteiger partial charge in [-0.25, -0.2) is 0 Å². The van der Waals surface area contributed by atoms with Crippen LogP contribution in [-0.4, -0.2) is 34.1 Å². The molecule has 2 aromatic carbocycles. The van der Waals surface area contributed by atoms with Crippen LogP contribution in [0.5, 0.6) is 0 Å². The maximum atomic E-state index is 12.9. The number of nitrogens with zero attached hydrogens (tertiary/aromatic N) is 3. The number of benzene rings is 2. The molecule has 6 heteroatoms. The number of aromatic nitrogens is 2. The number of hydrogen-bond donors (Lipinski definition) is 1. The van der Waals surface area contributed by atoms with Gasteiger partial charge in [-0.3, -0.25) is 9.69 Å². The molecule has 0 atom stereocenters. The molecule has 32 heavy (non-hydrogen) atoms. The third-order valence-electron chi connectivity index (χ3n) is 5.56. The standard InChI is InChI=1S/C26H28N4OS/c1-4-21-10-11-23(26-29-28-19(3)32-26)16-24(21)14-18(2)27-25(31)22-9-7-8-20(15-22)17-30-12-5-6-13-30/h4,7-11,14-16H,1,5-6,12-13,17H2,2-3H3,(H,27,31)/b18-14+. The smallest absolute Gasteiger partial charge is 0.255 e. The van der Waals surface area contributed by atoms with Crippen LogP contribution in [0.4, 0.5) is 0 Å². The molecule has 4 rings (SSSR count). The van der Waals surface area contributed by atoms with E-state index in [2.05, 4.69) is 39.1 Å². The lowest BCUT2D eigenvalue weighted by molar-refractivity contribution is 0.0966. The molecule has 1 aliphatic rings. The zero-order valence-corrected chi connectivity index (χ0v) is 19.4. The molecule has 0 unspecified atom stereocenters. The van der Waals surface area contributed by atoms with Gasteiger partial charge in [0.05, 0.1) is 0 Å². The van der Waals surface area contributed by atoms with Gasteiger partial charge in [-0.1, -0.05) is 48.3 Å². The van der Waals surface area contributed by atoms with Crippen molar-refractivity contribution in [2.45, 2.75) is 33.2 Å². The first-order valence-electron chi connectivity index (χ1n) is 10.9. The number of allylic oxidation sites excluding steroid dienone is 1. The Labute approximate surface area is 193 Å². The summed E-state index contributed by atoms with van der Waals surface area (Å²) in [6, 6.07) is 14.0. The number of hydrogen-bond acceptors (Lipinski definition) is 5. The van der Waals surface area contributed by atoms with Gasteiger partial charge in [-0.15, -0.1) is 10.2 Å². The van der Waals surface area contributed by atoms with E-state index in [1.807, 2.05) is 56.3 Å². The van der Waals surface area contributed by atoms with E-state index < -0.39 is 0 Å². The molecular weight excluding hydrogens is 416 g/mol. The fraction of sp³-hybridized carbons (Fsp3) is 0.269. The van der Waals surface area contributed by atoms with E-state index in [4.69, 9.17) is 0 Å². The van der Waals surface area contributed by atoms with Gasteiger partial charge in [0.15, 0.2) is 0 Å². The molecule has 3 aromatic rings. The third-order valence-corrected chi connectivity index (χ3v) is 6.44. The molecule has 1 amide bonds.